The summed E-state index contributed by atoms with van der Waals surface area (Å²) in [7, 11) is 0. The molecule has 1 aromatic carbocycles. The Morgan fingerprint density at radius 3 is 2.27 bits per heavy atom. The molecule has 1 amide bonds. The van der Waals surface area contributed by atoms with E-state index in [4.69, 9.17) is 0 Å². The minimum Gasteiger partial charge on any atom is -0.340 e. The van der Waals surface area contributed by atoms with Gasteiger partial charge in [0.1, 0.15) is 0 Å². The molecule has 1 saturated carbocycles. The molecular weight excluding hydrogens is 272 g/mol. The third-order valence-electron chi connectivity index (χ3n) is 5.37. The van der Waals surface area contributed by atoms with Gasteiger partial charge in [0.05, 0.1) is 6.42 Å². The Labute approximate surface area is 134 Å². The van der Waals surface area contributed by atoms with Gasteiger partial charge in [-0.2, -0.15) is 0 Å². The lowest BCUT2D eigenvalue weighted by Crippen LogP contribution is -2.52. The fourth-order valence-corrected chi connectivity index (χ4v) is 3.83. The van der Waals surface area contributed by atoms with Crippen LogP contribution in [-0.2, 0) is 11.2 Å². The number of rotatable bonds is 3. The number of hydrogen-bond acceptors (Lipinski definition) is 2. The molecular formula is C19H28N2O. The first-order valence-corrected chi connectivity index (χ1v) is 8.78. The van der Waals surface area contributed by atoms with Gasteiger partial charge in [0.15, 0.2) is 0 Å². The van der Waals surface area contributed by atoms with Crippen LogP contribution < -0.4 is 0 Å². The van der Waals surface area contributed by atoms with Crippen LogP contribution in [0.2, 0.25) is 0 Å². The summed E-state index contributed by atoms with van der Waals surface area (Å²) in [6, 6.07) is 10.9. The monoisotopic (exact) mass is 300 g/mol. The number of carbonyl (C=O) groups excluding carboxylic acids is 1. The van der Waals surface area contributed by atoms with Crippen molar-refractivity contribution in [2.45, 2.75) is 45.1 Å². The average molecular weight is 300 g/mol. The summed E-state index contributed by atoms with van der Waals surface area (Å²) in [6.07, 6.45) is 5.98. The van der Waals surface area contributed by atoms with E-state index in [0.29, 0.717) is 6.42 Å². The Bertz CT molecular complexity index is 471. The summed E-state index contributed by atoms with van der Waals surface area (Å²) >= 11 is 0. The molecule has 1 aliphatic carbocycles. The van der Waals surface area contributed by atoms with E-state index < -0.39 is 0 Å². The van der Waals surface area contributed by atoms with Crippen molar-refractivity contribution in [2.24, 2.45) is 5.92 Å². The lowest BCUT2D eigenvalue weighted by Gasteiger charge is -2.41. The van der Waals surface area contributed by atoms with Crippen LogP contribution in [0.1, 0.15) is 38.2 Å². The van der Waals surface area contributed by atoms with Crippen LogP contribution in [0.15, 0.2) is 30.3 Å². The minimum absolute atomic E-state index is 0.281. The first-order valence-electron chi connectivity index (χ1n) is 8.78. The van der Waals surface area contributed by atoms with Gasteiger partial charge >= 0.3 is 0 Å². The van der Waals surface area contributed by atoms with Crippen molar-refractivity contribution in [1.82, 2.24) is 9.80 Å². The summed E-state index contributed by atoms with van der Waals surface area (Å²) in [5.41, 5.74) is 1.12. The second kappa shape index (κ2) is 7.28. The quantitative estimate of drug-likeness (QED) is 0.857. The van der Waals surface area contributed by atoms with E-state index in [9.17, 15) is 4.79 Å². The molecule has 2 aliphatic rings. The largest absolute Gasteiger partial charge is 0.340 e. The first kappa shape index (κ1) is 15.5. The zero-order valence-corrected chi connectivity index (χ0v) is 13.7. The molecule has 22 heavy (non-hydrogen) atoms. The van der Waals surface area contributed by atoms with Crippen LogP contribution in [0.3, 0.4) is 0 Å². The van der Waals surface area contributed by atoms with E-state index in [-0.39, 0.29) is 5.91 Å². The Morgan fingerprint density at radius 1 is 1.00 bits per heavy atom. The van der Waals surface area contributed by atoms with Crippen molar-refractivity contribution in [3.63, 3.8) is 0 Å². The van der Waals surface area contributed by atoms with Crippen LogP contribution in [0, 0.1) is 5.92 Å². The highest BCUT2D eigenvalue weighted by atomic mass is 16.2. The molecule has 0 aromatic heterocycles. The maximum absolute atomic E-state index is 12.4. The lowest BCUT2D eigenvalue weighted by molar-refractivity contribution is -0.132. The van der Waals surface area contributed by atoms with Gasteiger partial charge in [-0.05, 0) is 37.2 Å². The molecule has 1 saturated heterocycles. The van der Waals surface area contributed by atoms with Crippen molar-refractivity contribution >= 4 is 5.91 Å². The van der Waals surface area contributed by atoms with Gasteiger partial charge in [-0.1, -0.05) is 37.3 Å². The second-order valence-corrected chi connectivity index (χ2v) is 6.99. The fourth-order valence-electron chi connectivity index (χ4n) is 3.83. The maximum Gasteiger partial charge on any atom is 0.227 e. The molecule has 0 bridgehead atoms. The maximum atomic E-state index is 12.4. The van der Waals surface area contributed by atoms with E-state index in [1.54, 1.807) is 0 Å². The van der Waals surface area contributed by atoms with Gasteiger partial charge in [-0.3, -0.25) is 9.69 Å². The van der Waals surface area contributed by atoms with Gasteiger partial charge < -0.3 is 4.90 Å². The first-order chi connectivity index (χ1) is 10.7. The highest BCUT2D eigenvalue weighted by molar-refractivity contribution is 5.78. The lowest BCUT2D eigenvalue weighted by atomic mass is 9.86. The molecule has 3 heteroatoms. The van der Waals surface area contributed by atoms with E-state index >= 15 is 0 Å². The number of hydrogen-bond donors (Lipinski definition) is 0. The third-order valence-corrected chi connectivity index (χ3v) is 5.37. The van der Waals surface area contributed by atoms with Crippen LogP contribution in [0.5, 0.6) is 0 Å². The van der Waals surface area contributed by atoms with Gasteiger partial charge in [-0.15, -0.1) is 0 Å². The highest BCUT2D eigenvalue weighted by Gasteiger charge is 2.28. The average Bonchev–Trinajstić information content (AvgIpc) is 2.57. The number of piperazine rings is 1. The zero-order valence-electron chi connectivity index (χ0n) is 13.7. The minimum atomic E-state index is 0.281. The Balaban J connectivity index is 1.46. The Kier molecular flexibility index (Phi) is 5.14. The Morgan fingerprint density at radius 2 is 1.64 bits per heavy atom. The van der Waals surface area contributed by atoms with Crippen LogP contribution in [0.4, 0.5) is 0 Å². The molecule has 1 aromatic rings. The molecule has 1 heterocycles. The third kappa shape index (κ3) is 3.89. The molecule has 2 fully saturated rings. The highest BCUT2D eigenvalue weighted by Crippen LogP contribution is 2.27. The molecule has 1 aliphatic heterocycles. The van der Waals surface area contributed by atoms with Crippen molar-refractivity contribution in [3.05, 3.63) is 35.9 Å². The van der Waals surface area contributed by atoms with Crippen molar-refractivity contribution in [2.75, 3.05) is 26.2 Å². The zero-order chi connectivity index (χ0) is 15.4. The molecule has 0 spiro atoms. The smallest absolute Gasteiger partial charge is 0.227 e. The topological polar surface area (TPSA) is 23.6 Å². The van der Waals surface area contributed by atoms with Crippen LogP contribution >= 0.6 is 0 Å². The van der Waals surface area contributed by atoms with Gasteiger partial charge in [0.25, 0.3) is 0 Å². The van der Waals surface area contributed by atoms with Crippen LogP contribution in [0.25, 0.3) is 0 Å². The van der Waals surface area contributed by atoms with Crippen molar-refractivity contribution < 1.29 is 4.79 Å². The molecule has 120 valence electrons. The standard InChI is InChI=1S/C19H28N2O/c1-16-7-9-18(10-8-16)20-11-13-21(14-12-20)19(22)15-17-5-3-2-4-6-17/h2-6,16,18H,7-15H2,1H3. The normalized spacial score (nSPS) is 26.9. The number of carbonyl (C=O) groups is 1. The molecule has 3 nitrogen and oxygen atoms in total. The fraction of sp³-hybridized carbons (Fsp3) is 0.632. The second-order valence-electron chi connectivity index (χ2n) is 6.99. The molecule has 0 radical (unpaired) electrons. The van der Waals surface area contributed by atoms with Gasteiger partial charge in [-0.25, -0.2) is 0 Å². The van der Waals surface area contributed by atoms with Crippen molar-refractivity contribution in [1.29, 1.82) is 0 Å². The SMILES string of the molecule is CC1CCC(N2CCN(C(=O)Cc3ccccc3)CC2)CC1. The van der Waals surface area contributed by atoms with Crippen molar-refractivity contribution in [3.8, 4) is 0 Å². The molecule has 0 atom stereocenters. The van der Waals surface area contributed by atoms with E-state index in [0.717, 1.165) is 43.7 Å². The molecule has 0 unspecified atom stereocenters. The van der Waals surface area contributed by atoms with Crippen LogP contribution in [-0.4, -0.2) is 47.9 Å². The summed E-state index contributed by atoms with van der Waals surface area (Å²) in [4.78, 5) is 17.1. The molecule has 3 rings (SSSR count). The van der Waals surface area contributed by atoms with E-state index in [1.807, 2.05) is 30.3 Å². The summed E-state index contributed by atoms with van der Waals surface area (Å²) in [6.45, 7) is 6.28. The summed E-state index contributed by atoms with van der Waals surface area (Å²) in [5, 5.41) is 0. The summed E-state index contributed by atoms with van der Waals surface area (Å²) in [5.74, 6) is 1.19. The predicted octanol–water partition coefficient (Wildman–Crippen LogP) is 2.95. The number of nitrogens with zero attached hydrogens (tertiary/aromatic N) is 2. The van der Waals surface area contributed by atoms with E-state index in [1.165, 1.54) is 25.7 Å². The summed E-state index contributed by atoms with van der Waals surface area (Å²) < 4.78 is 0. The van der Waals surface area contributed by atoms with E-state index in [2.05, 4.69) is 16.7 Å². The van der Waals surface area contributed by atoms with Gasteiger partial charge in [0.2, 0.25) is 5.91 Å². The number of benzene rings is 1. The number of amides is 1. The Hall–Kier alpha value is -1.35. The van der Waals surface area contributed by atoms with Gasteiger partial charge in [0, 0.05) is 32.2 Å². The predicted molar refractivity (Wildman–Crippen MR) is 89.7 cm³/mol. The molecule has 0 N–H and O–H groups in total.